The summed E-state index contributed by atoms with van der Waals surface area (Å²) in [6.07, 6.45) is 0. The number of hydrogen-bond donors (Lipinski definition) is 1. The van der Waals surface area contributed by atoms with Crippen molar-refractivity contribution in [1.29, 1.82) is 0 Å². The van der Waals surface area contributed by atoms with Gasteiger partial charge in [-0.3, -0.25) is 4.98 Å². The maximum Gasteiger partial charge on any atom is 0.339 e. The van der Waals surface area contributed by atoms with Crippen molar-refractivity contribution in [1.82, 2.24) is 4.98 Å². The molecule has 1 aliphatic heterocycles. The van der Waals surface area contributed by atoms with Crippen LogP contribution in [0, 0.1) is 13.8 Å². The molecule has 1 N–H and O–H groups in total. The number of ether oxygens (including phenoxy) is 1. The first-order valence-corrected chi connectivity index (χ1v) is 6.40. The highest BCUT2D eigenvalue weighted by Gasteiger charge is 2.30. The minimum absolute atomic E-state index is 0.265. The van der Waals surface area contributed by atoms with E-state index in [0.29, 0.717) is 31.0 Å². The highest BCUT2D eigenvalue weighted by Crippen LogP contribution is 2.28. The Morgan fingerprint density at radius 1 is 1.47 bits per heavy atom. The predicted octanol–water partition coefficient (Wildman–Crippen LogP) is 2.01. The van der Waals surface area contributed by atoms with E-state index in [2.05, 4.69) is 9.88 Å². The highest BCUT2D eigenvalue weighted by molar-refractivity contribution is 5.95. The van der Waals surface area contributed by atoms with Crippen LogP contribution in [0.25, 0.3) is 0 Å². The molecule has 0 radical (unpaired) electrons. The smallest absolute Gasteiger partial charge is 0.339 e. The number of carboxylic acid groups (broad SMARTS) is 1. The van der Waals surface area contributed by atoms with Crippen LogP contribution >= 0.6 is 0 Å². The van der Waals surface area contributed by atoms with Gasteiger partial charge >= 0.3 is 5.97 Å². The van der Waals surface area contributed by atoms with Crippen LogP contribution in [0.3, 0.4) is 0 Å². The third kappa shape index (κ3) is 2.87. The number of hydrogen-bond acceptors (Lipinski definition) is 4. The van der Waals surface area contributed by atoms with Crippen molar-refractivity contribution in [2.75, 3.05) is 24.6 Å². The first-order valence-electron chi connectivity index (χ1n) is 6.40. The minimum atomic E-state index is -0.927. The SMILES string of the molecule is Cc1cc(N2CCOC(C)(C)C2)c(C(=O)O)c(C)n1. The Morgan fingerprint density at radius 2 is 2.16 bits per heavy atom. The third-order valence-corrected chi connectivity index (χ3v) is 3.29. The molecule has 19 heavy (non-hydrogen) atoms. The molecule has 1 fully saturated rings. The molecule has 104 valence electrons. The van der Waals surface area contributed by atoms with Crippen LogP contribution < -0.4 is 4.90 Å². The average molecular weight is 264 g/mol. The lowest BCUT2D eigenvalue weighted by Crippen LogP contribution is -2.48. The molecule has 0 saturated carbocycles. The number of aryl methyl sites for hydroxylation is 2. The first kappa shape index (κ1) is 13.8. The summed E-state index contributed by atoms with van der Waals surface area (Å²) < 4.78 is 5.67. The standard InChI is InChI=1S/C14H20N2O3/c1-9-7-11(12(13(17)18)10(2)15-9)16-5-6-19-14(3,4)8-16/h7H,5-6,8H2,1-4H3,(H,17,18). The van der Waals surface area contributed by atoms with Gasteiger partial charge in [0.2, 0.25) is 0 Å². The van der Waals surface area contributed by atoms with E-state index in [0.717, 1.165) is 11.4 Å². The maximum absolute atomic E-state index is 11.5. The monoisotopic (exact) mass is 264 g/mol. The van der Waals surface area contributed by atoms with E-state index in [4.69, 9.17) is 4.74 Å². The summed E-state index contributed by atoms with van der Waals surface area (Å²) in [5, 5.41) is 9.40. The second-order valence-corrected chi connectivity index (χ2v) is 5.58. The quantitative estimate of drug-likeness (QED) is 0.885. The van der Waals surface area contributed by atoms with Crippen LogP contribution in [0.15, 0.2) is 6.07 Å². The molecule has 1 aromatic rings. The van der Waals surface area contributed by atoms with Crippen LogP contribution in [0.4, 0.5) is 5.69 Å². The largest absolute Gasteiger partial charge is 0.478 e. The van der Waals surface area contributed by atoms with Gasteiger partial charge in [-0.25, -0.2) is 4.79 Å². The van der Waals surface area contributed by atoms with E-state index in [1.165, 1.54) is 0 Å². The Morgan fingerprint density at radius 3 is 2.74 bits per heavy atom. The fourth-order valence-electron chi connectivity index (χ4n) is 2.54. The van der Waals surface area contributed by atoms with Crippen molar-refractivity contribution in [2.24, 2.45) is 0 Å². The van der Waals surface area contributed by atoms with Crippen molar-refractivity contribution in [3.8, 4) is 0 Å². The minimum Gasteiger partial charge on any atom is -0.478 e. The summed E-state index contributed by atoms with van der Waals surface area (Å²) in [5.41, 5.74) is 2.17. The second-order valence-electron chi connectivity index (χ2n) is 5.58. The van der Waals surface area contributed by atoms with Gasteiger partial charge in [0.05, 0.1) is 23.6 Å². The molecule has 0 aliphatic carbocycles. The first-order chi connectivity index (χ1) is 8.80. The average Bonchev–Trinajstić information content (AvgIpc) is 2.25. The molecule has 0 bridgehead atoms. The lowest BCUT2D eigenvalue weighted by Gasteiger charge is -2.40. The summed E-state index contributed by atoms with van der Waals surface area (Å²) in [6.45, 7) is 9.63. The number of pyridine rings is 1. The summed E-state index contributed by atoms with van der Waals surface area (Å²) in [4.78, 5) is 17.8. The van der Waals surface area contributed by atoms with E-state index in [1.807, 2.05) is 26.8 Å². The molecule has 0 aromatic carbocycles. The molecular weight excluding hydrogens is 244 g/mol. The zero-order chi connectivity index (χ0) is 14.2. The van der Waals surface area contributed by atoms with Gasteiger partial charge in [-0.05, 0) is 33.8 Å². The lowest BCUT2D eigenvalue weighted by atomic mass is 10.0. The molecule has 0 atom stereocenters. The molecule has 2 heterocycles. The number of nitrogens with zero attached hydrogens (tertiary/aromatic N) is 2. The van der Waals surface area contributed by atoms with Gasteiger partial charge in [-0.2, -0.15) is 0 Å². The van der Waals surface area contributed by atoms with Crippen molar-refractivity contribution in [3.63, 3.8) is 0 Å². The number of rotatable bonds is 2. The second kappa shape index (κ2) is 4.81. The van der Waals surface area contributed by atoms with Crippen LogP contribution in [0.1, 0.15) is 35.6 Å². The van der Waals surface area contributed by atoms with Crippen LogP contribution in [-0.2, 0) is 4.74 Å². The number of carboxylic acids is 1. The number of aromatic carboxylic acids is 1. The maximum atomic E-state index is 11.5. The molecule has 1 aliphatic rings. The molecule has 1 aromatic heterocycles. The van der Waals surface area contributed by atoms with E-state index in [9.17, 15) is 9.90 Å². The van der Waals surface area contributed by atoms with Crippen molar-refractivity contribution in [3.05, 3.63) is 23.0 Å². The van der Waals surface area contributed by atoms with E-state index >= 15 is 0 Å². The molecule has 0 unspecified atom stereocenters. The van der Waals surface area contributed by atoms with Crippen molar-refractivity contribution >= 4 is 11.7 Å². The van der Waals surface area contributed by atoms with E-state index in [-0.39, 0.29) is 5.60 Å². The Balaban J connectivity index is 2.46. The number of aromatic nitrogens is 1. The van der Waals surface area contributed by atoms with Crippen molar-refractivity contribution in [2.45, 2.75) is 33.3 Å². The normalized spacial score (nSPS) is 18.4. The topological polar surface area (TPSA) is 62.7 Å². The molecule has 2 rings (SSSR count). The Bertz CT molecular complexity index is 512. The number of carbonyl (C=O) groups is 1. The molecule has 5 heteroatoms. The summed E-state index contributed by atoms with van der Waals surface area (Å²) in [7, 11) is 0. The Labute approximate surface area is 113 Å². The number of anilines is 1. The number of morpholine rings is 1. The van der Waals surface area contributed by atoms with Gasteiger partial charge in [0, 0.05) is 18.8 Å². The predicted molar refractivity (Wildman–Crippen MR) is 72.9 cm³/mol. The third-order valence-electron chi connectivity index (χ3n) is 3.29. The summed E-state index contributed by atoms with van der Waals surface area (Å²) >= 11 is 0. The summed E-state index contributed by atoms with van der Waals surface area (Å²) in [6, 6.07) is 1.85. The van der Waals surface area contributed by atoms with E-state index in [1.54, 1.807) is 6.92 Å². The van der Waals surface area contributed by atoms with Crippen LogP contribution in [-0.4, -0.2) is 41.4 Å². The van der Waals surface area contributed by atoms with E-state index < -0.39 is 5.97 Å². The van der Waals surface area contributed by atoms with Crippen molar-refractivity contribution < 1.29 is 14.6 Å². The van der Waals surface area contributed by atoms with Gasteiger partial charge in [0.25, 0.3) is 0 Å². The van der Waals surface area contributed by atoms with Crippen LogP contribution in [0.5, 0.6) is 0 Å². The fourth-order valence-corrected chi connectivity index (χ4v) is 2.54. The van der Waals surface area contributed by atoms with Gasteiger partial charge in [0.15, 0.2) is 0 Å². The molecule has 5 nitrogen and oxygen atoms in total. The molecule has 0 amide bonds. The lowest BCUT2D eigenvalue weighted by molar-refractivity contribution is -0.0277. The molecule has 0 spiro atoms. The van der Waals surface area contributed by atoms with Gasteiger partial charge in [-0.15, -0.1) is 0 Å². The molecular formula is C14H20N2O3. The highest BCUT2D eigenvalue weighted by atomic mass is 16.5. The summed E-state index contributed by atoms with van der Waals surface area (Å²) in [5.74, 6) is -0.927. The fraction of sp³-hybridized carbons (Fsp3) is 0.571. The van der Waals surface area contributed by atoms with Gasteiger partial charge in [0.1, 0.15) is 5.56 Å². The van der Waals surface area contributed by atoms with Gasteiger partial charge < -0.3 is 14.7 Å². The Hall–Kier alpha value is -1.62. The van der Waals surface area contributed by atoms with Crippen LogP contribution in [0.2, 0.25) is 0 Å². The zero-order valence-corrected chi connectivity index (χ0v) is 11.9. The Kier molecular flexibility index (Phi) is 3.49. The zero-order valence-electron chi connectivity index (χ0n) is 11.9. The molecule has 1 saturated heterocycles. The van der Waals surface area contributed by atoms with Gasteiger partial charge in [-0.1, -0.05) is 0 Å².